The number of nitrogens with zero attached hydrogens (tertiary/aromatic N) is 4. The van der Waals surface area contributed by atoms with Crippen molar-refractivity contribution >= 4 is 29.5 Å². The number of imidazole rings is 2. The zero-order chi connectivity index (χ0) is 29.7. The number of aliphatic carboxylic acids is 2. The van der Waals surface area contributed by atoms with Crippen LogP contribution in [0.1, 0.15) is 27.4 Å². The summed E-state index contributed by atoms with van der Waals surface area (Å²) in [5.41, 5.74) is 3.60. The number of carbonyl (C=O) groups is 4. The fourth-order valence-corrected chi connectivity index (χ4v) is 3.20. The van der Waals surface area contributed by atoms with Gasteiger partial charge in [-0.15, -0.1) is 0 Å². The molecule has 1 aliphatic rings. The van der Waals surface area contributed by atoms with Gasteiger partial charge in [-0.3, -0.25) is 4.79 Å². The van der Waals surface area contributed by atoms with Crippen molar-refractivity contribution in [3.8, 4) is 0 Å². The molecule has 1 amide bonds. The van der Waals surface area contributed by atoms with Crippen LogP contribution in [0.2, 0.25) is 0 Å². The molecule has 0 spiro atoms. The number of hydrogen-bond acceptors (Lipinski definition) is 7. The quantitative estimate of drug-likeness (QED) is 0.311. The van der Waals surface area contributed by atoms with Gasteiger partial charge in [-0.05, 0) is 18.6 Å². The molecule has 18 heteroatoms. The predicted octanol–water partition coefficient (Wildman–Crippen LogP) is 2.37. The second-order valence-corrected chi connectivity index (χ2v) is 7.66. The summed E-state index contributed by atoms with van der Waals surface area (Å²) in [6, 6.07) is 3.12. The minimum absolute atomic E-state index is 0.265. The molecule has 0 saturated heterocycles. The number of aryl methyl sites for hydroxylation is 1. The first-order valence-electron chi connectivity index (χ1n) is 10.4. The van der Waals surface area contributed by atoms with Crippen molar-refractivity contribution in [2.75, 3.05) is 7.11 Å². The van der Waals surface area contributed by atoms with Crippen molar-refractivity contribution in [2.24, 2.45) is 0 Å². The molecule has 3 aromatic rings. The van der Waals surface area contributed by atoms with Crippen molar-refractivity contribution in [3.63, 3.8) is 0 Å². The van der Waals surface area contributed by atoms with Crippen molar-refractivity contribution in [1.29, 1.82) is 0 Å². The SMILES string of the molecule is COC(=O)C1Cc2nc[nH]c2CN1C(=O)c1cn2cccc(C)c2n1.O=C(O)C(F)(F)F.O=C(O)C(F)(F)F. The summed E-state index contributed by atoms with van der Waals surface area (Å²) in [6.07, 6.45) is -4.75. The van der Waals surface area contributed by atoms with Crippen molar-refractivity contribution in [1.82, 2.24) is 24.3 Å². The topological polar surface area (TPSA) is 167 Å². The normalized spacial score (nSPS) is 14.8. The molecule has 1 aliphatic heterocycles. The average Bonchev–Trinajstić information content (AvgIpc) is 3.49. The Hall–Kier alpha value is -4.64. The Kier molecular flexibility index (Phi) is 9.27. The van der Waals surface area contributed by atoms with Gasteiger partial charge in [0.2, 0.25) is 0 Å². The molecular weight excluding hydrogens is 548 g/mol. The first-order chi connectivity index (χ1) is 18.0. The molecular formula is C21H19F6N5O7. The molecule has 0 fully saturated rings. The predicted molar refractivity (Wildman–Crippen MR) is 115 cm³/mol. The number of fused-ring (bicyclic) bond motifs is 2. The average molecular weight is 567 g/mol. The van der Waals surface area contributed by atoms with E-state index < -0.39 is 36.3 Å². The number of halogens is 6. The molecule has 0 aromatic carbocycles. The first kappa shape index (κ1) is 30.6. The van der Waals surface area contributed by atoms with E-state index in [0.717, 1.165) is 22.6 Å². The second-order valence-electron chi connectivity index (χ2n) is 7.66. The number of hydrogen-bond donors (Lipinski definition) is 3. The molecule has 4 heterocycles. The highest BCUT2D eigenvalue weighted by Crippen LogP contribution is 2.24. The van der Waals surface area contributed by atoms with Crippen LogP contribution < -0.4 is 0 Å². The van der Waals surface area contributed by atoms with Gasteiger partial charge < -0.3 is 29.2 Å². The van der Waals surface area contributed by atoms with Crippen LogP contribution in [0, 0.1) is 6.92 Å². The molecule has 0 radical (unpaired) electrons. The van der Waals surface area contributed by atoms with Gasteiger partial charge in [0.1, 0.15) is 17.4 Å². The van der Waals surface area contributed by atoms with Gasteiger partial charge in [-0.1, -0.05) is 6.07 Å². The van der Waals surface area contributed by atoms with E-state index in [2.05, 4.69) is 15.0 Å². The van der Waals surface area contributed by atoms with E-state index in [0.29, 0.717) is 12.1 Å². The summed E-state index contributed by atoms with van der Waals surface area (Å²) >= 11 is 0. The van der Waals surface area contributed by atoms with Crippen LogP contribution in [0.25, 0.3) is 5.65 Å². The largest absolute Gasteiger partial charge is 0.490 e. The number of esters is 1. The zero-order valence-electron chi connectivity index (χ0n) is 19.9. The van der Waals surface area contributed by atoms with Crippen LogP contribution in [0.4, 0.5) is 26.3 Å². The molecule has 39 heavy (non-hydrogen) atoms. The Labute approximate surface area is 213 Å². The maximum atomic E-state index is 13.1. The molecule has 0 bridgehead atoms. The second kappa shape index (κ2) is 11.8. The lowest BCUT2D eigenvalue weighted by Crippen LogP contribution is -2.49. The molecule has 12 nitrogen and oxygen atoms in total. The van der Waals surface area contributed by atoms with E-state index in [1.807, 2.05) is 25.3 Å². The first-order valence-corrected chi connectivity index (χ1v) is 10.4. The summed E-state index contributed by atoms with van der Waals surface area (Å²) in [5.74, 6) is -6.28. The van der Waals surface area contributed by atoms with E-state index in [-0.39, 0.29) is 12.5 Å². The van der Waals surface area contributed by atoms with E-state index in [1.54, 1.807) is 16.9 Å². The number of aromatic nitrogens is 4. The Morgan fingerprint density at radius 3 is 2.13 bits per heavy atom. The minimum Gasteiger partial charge on any atom is -0.475 e. The fourth-order valence-electron chi connectivity index (χ4n) is 3.20. The summed E-state index contributed by atoms with van der Waals surface area (Å²) in [5, 5.41) is 14.2. The van der Waals surface area contributed by atoms with Crippen molar-refractivity contribution in [2.45, 2.75) is 38.3 Å². The molecule has 0 aliphatic carbocycles. The molecule has 4 rings (SSSR count). The molecule has 1 unspecified atom stereocenters. The summed E-state index contributed by atoms with van der Waals surface area (Å²) in [7, 11) is 1.32. The van der Waals surface area contributed by atoms with Gasteiger partial charge in [-0.2, -0.15) is 26.3 Å². The Balaban J connectivity index is 0.000000317. The Bertz CT molecular complexity index is 1340. The van der Waals surface area contributed by atoms with E-state index in [4.69, 9.17) is 24.5 Å². The highest BCUT2D eigenvalue weighted by Gasteiger charge is 2.39. The van der Waals surface area contributed by atoms with Crippen LogP contribution in [0.15, 0.2) is 30.9 Å². The summed E-state index contributed by atoms with van der Waals surface area (Å²) < 4.78 is 70.2. The monoisotopic (exact) mass is 567 g/mol. The van der Waals surface area contributed by atoms with Crippen LogP contribution in [-0.2, 0) is 32.1 Å². The number of ether oxygens (including phenoxy) is 1. The van der Waals surface area contributed by atoms with Gasteiger partial charge in [0.05, 0.1) is 31.4 Å². The van der Waals surface area contributed by atoms with Crippen LogP contribution in [-0.4, -0.2) is 83.8 Å². The number of rotatable bonds is 2. The number of carbonyl (C=O) groups excluding carboxylic acids is 2. The van der Waals surface area contributed by atoms with Gasteiger partial charge in [0.15, 0.2) is 0 Å². The molecule has 212 valence electrons. The van der Waals surface area contributed by atoms with Gasteiger partial charge >= 0.3 is 30.3 Å². The molecule has 1 atom stereocenters. The fraction of sp³-hybridized carbons (Fsp3) is 0.333. The summed E-state index contributed by atoms with van der Waals surface area (Å²) in [6.45, 7) is 2.20. The lowest BCUT2D eigenvalue weighted by Gasteiger charge is -2.32. The summed E-state index contributed by atoms with van der Waals surface area (Å²) in [4.78, 5) is 56.2. The van der Waals surface area contributed by atoms with Crippen molar-refractivity contribution < 1.29 is 60.5 Å². The number of aromatic amines is 1. The Morgan fingerprint density at radius 2 is 1.64 bits per heavy atom. The Morgan fingerprint density at radius 1 is 1.08 bits per heavy atom. The van der Waals surface area contributed by atoms with Crippen LogP contribution in [0.3, 0.4) is 0 Å². The van der Waals surface area contributed by atoms with Gasteiger partial charge in [-0.25, -0.2) is 24.4 Å². The standard InChI is InChI=1S/C17H17N5O3.2C2HF3O2/c1-10-4-3-5-21-7-13(20-15(10)21)16(23)22-8-12-11(18-9-19-12)6-14(22)17(24)25-2;2*3-2(4,5)1(6)7/h3-5,7,9,14H,6,8H2,1-2H3,(H,18,19);2*(H,6,7). The van der Waals surface area contributed by atoms with Gasteiger partial charge in [0, 0.05) is 18.8 Å². The minimum atomic E-state index is -5.08. The van der Waals surface area contributed by atoms with Gasteiger partial charge in [0.25, 0.3) is 5.91 Å². The number of alkyl halides is 6. The maximum Gasteiger partial charge on any atom is 0.490 e. The third-order valence-corrected chi connectivity index (χ3v) is 5.02. The number of carboxylic acids is 2. The smallest absolute Gasteiger partial charge is 0.475 e. The number of methoxy groups -OCH3 is 1. The van der Waals surface area contributed by atoms with E-state index in [1.165, 1.54) is 12.0 Å². The number of nitrogens with one attached hydrogen (secondary N) is 1. The maximum absolute atomic E-state index is 13.1. The molecule has 0 saturated carbocycles. The molecule has 3 N–H and O–H groups in total. The number of amides is 1. The number of pyridine rings is 1. The van der Waals surface area contributed by atoms with Crippen molar-refractivity contribution in [3.05, 3.63) is 53.5 Å². The number of carboxylic acid groups (broad SMARTS) is 2. The zero-order valence-corrected chi connectivity index (χ0v) is 19.9. The highest BCUT2D eigenvalue weighted by atomic mass is 19.4. The van der Waals surface area contributed by atoms with E-state index >= 15 is 0 Å². The van der Waals surface area contributed by atoms with Crippen LogP contribution >= 0.6 is 0 Å². The lowest BCUT2D eigenvalue weighted by molar-refractivity contribution is -0.193. The van der Waals surface area contributed by atoms with Crippen LogP contribution in [0.5, 0.6) is 0 Å². The third-order valence-electron chi connectivity index (χ3n) is 5.02. The highest BCUT2D eigenvalue weighted by molar-refractivity contribution is 5.96. The third kappa shape index (κ3) is 7.68. The lowest BCUT2D eigenvalue weighted by atomic mass is 10.0. The number of H-pyrrole nitrogens is 1. The molecule has 3 aromatic heterocycles. The van der Waals surface area contributed by atoms with E-state index in [9.17, 15) is 35.9 Å².